The molecule has 0 fully saturated rings. The number of amides is 1. The van der Waals surface area contributed by atoms with Crippen molar-refractivity contribution in [1.82, 2.24) is 14.9 Å². The van der Waals surface area contributed by atoms with Crippen LogP contribution >= 0.6 is 0 Å². The zero-order valence-electron chi connectivity index (χ0n) is 16.2. The maximum atomic E-state index is 13.1. The topological polar surface area (TPSA) is 86.9 Å². The molecular formula is C20H22F2N4O2. The molecule has 0 spiro atoms. The Bertz CT molecular complexity index is 998. The van der Waals surface area contributed by atoms with Crippen molar-refractivity contribution in [2.45, 2.75) is 46.1 Å². The standard InChI is InChI=1S/C20H22F2N4O2/c1-11-16(19(23)27)17(18(21)22)24-26(11)10-14-9-15(25-28-14)12-5-7-13(8-6-12)20(2,3)4/h5-9,18H,10H2,1-4H3,(H2,23,27). The number of benzene rings is 1. The quantitative estimate of drug-likeness (QED) is 0.709. The van der Waals surface area contributed by atoms with Crippen molar-refractivity contribution in [3.63, 3.8) is 0 Å². The Morgan fingerprint density at radius 3 is 2.39 bits per heavy atom. The van der Waals surface area contributed by atoms with Gasteiger partial charge in [-0.3, -0.25) is 9.48 Å². The normalized spacial score (nSPS) is 12.0. The van der Waals surface area contributed by atoms with Gasteiger partial charge in [-0.1, -0.05) is 50.2 Å². The van der Waals surface area contributed by atoms with Crippen molar-refractivity contribution >= 4 is 5.91 Å². The maximum absolute atomic E-state index is 13.1. The van der Waals surface area contributed by atoms with Gasteiger partial charge >= 0.3 is 0 Å². The molecule has 0 unspecified atom stereocenters. The SMILES string of the molecule is Cc1c(C(N)=O)c(C(F)F)nn1Cc1cc(-c2ccc(C(C)(C)C)cc2)no1. The van der Waals surface area contributed by atoms with E-state index >= 15 is 0 Å². The van der Waals surface area contributed by atoms with E-state index in [0.29, 0.717) is 11.5 Å². The number of aromatic nitrogens is 3. The lowest BCUT2D eigenvalue weighted by Crippen LogP contribution is -2.14. The van der Waals surface area contributed by atoms with Gasteiger partial charge in [0.25, 0.3) is 12.3 Å². The molecule has 1 amide bonds. The van der Waals surface area contributed by atoms with Gasteiger partial charge in [-0.25, -0.2) is 8.78 Å². The van der Waals surface area contributed by atoms with E-state index in [2.05, 4.69) is 31.0 Å². The molecular weight excluding hydrogens is 366 g/mol. The van der Waals surface area contributed by atoms with Crippen LogP contribution in [0.15, 0.2) is 34.9 Å². The van der Waals surface area contributed by atoms with Crippen LogP contribution in [0.25, 0.3) is 11.3 Å². The molecule has 2 heterocycles. The Morgan fingerprint density at radius 2 is 1.89 bits per heavy atom. The van der Waals surface area contributed by atoms with Gasteiger partial charge in [0, 0.05) is 17.3 Å². The maximum Gasteiger partial charge on any atom is 0.282 e. The smallest absolute Gasteiger partial charge is 0.282 e. The fourth-order valence-electron chi connectivity index (χ4n) is 2.99. The summed E-state index contributed by atoms with van der Waals surface area (Å²) in [6, 6.07) is 9.72. The van der Waals surface area contributed by atoms with E-state index in [9.17, 15) is 13.6 Å². The van der Waals surface area contributed by atoms with Crippen LogP contribution in [0.4, 0.5) is 8.78 Å². The Labute approximate surface area is 161 Å². The zero-order valence-corrected chi connectivity index (χ0v) is 16.2. The molecule has 1 aromatic carbocycles. The molecule has 2 N–H and O–H groups in total. The van der Waals surface area contributed by atoms with Crippen LogP contribution in [0.1, 0.15) is 60.3 Å². The van der Waals surface area contributed by atoms with Crippen molar-refractivity contribution in [2.75, 3.05) is 0 Å². The fourth-order valence-corrected chi connectivity index (χ4v) is 2.99. The Morgan fingerprint density at radius 1 is 1.25 bits per heavy atom. The first kappa shape index (κ1) is 19.7. The minimum atomic E-state index is -2.89. The van der Waals surface area contributed by atoms with Gasteiger partial charge in [-0.05, 0) is 17.9 Å². The van der Waals surface area contributed by atoms with Gasteiger partial charge in [0.15, 0.2) is 5.76 Å². The van der Waals surface area contributed by atoms with E-state index in [1.165, 1.54) is 17.2 Å². The number of halogens is 2. The van der Waals surface area contributed by atoms with Crippen LogP contribution < -0.4 is 5.73 Å². The first-order chi connectivity index (χ1) is 13.1. The van der Waals surface area contributed by atoms with Crippen LogP contribution in [0.2, 0.25) is 0 Å². The highest BCUT2D eigenvalue weighted by atomic mass is 19.3. The molecule has 28 heavy (non-hydrogen) atoms. The Balaban J connectivity index is 1.86. The second-order valence-corrected chi connectivity index (χ2v) is 7.67. The highest BCUT2D eigenvalue weighted by molar-refractivity contribution is 5.95. The molecule has 2 aromatic heterocycles. The molecule has 0 aliphatic carbocycles. The predicted molar refractivity (Wildman–Crippen MR) is 100 cm³/mol. The zero-order chi connectivity index (χ0) is 20.6. The molecule has 3 rings (SSSR count). The summed E-state index contributed by atoms with van der Waals surface area (Å²) in [5, 5.41) is 7.87. The summed E-state index contributed by atoms with van der Waals surface area (Å²) in [7, 11) is 0. The third kappa shape index (κ3) is 3.81. The number of carbonyl (C=O) groups excluding carboxylic acids is 1. The largest absolute Gasteiger partial charge is 0.365 e. The van der Waals surface area contributed by atoms with Crippen molar-refractivity contribution in [1.29, 1.82) is 0 Å². The summed E-state index contributed by atoms with van der Waals surface area (Å²) in [6.07, 6.45) is -2.89. The van der Waals surface area contributed by atoms with Gasteiger partial charge in [-0.15, -0.1) is 0 Å². The average molecular weight is 388 g/mol. The minimum Gasteiger partial charge on any atom is -0.365 e. The summed E-state index contributed by atoms with van der Waals surface area (Å²) < 4.78 is 32.9. The summed E-state index contributed by atoms with van der Waals surface area (Å²) in [6.45, 7) is 7.98. The number of carbonyl (C=O) groups is 1. The highest BCUT2D eigenvalue weighted by Crippen LogP contribution is 2.27. The first-order valence-corrected chi connectivity index (χ1v) is 8.79. The van der Waals surface area contributed by atoms with Crippen LogP contribution in [-0.2, 0) is 12.0 Å². The molecule has 0 bridgehead atoms. The third-order valence-electron chi connectivity index (χ3n) is 4.60. The lowest BCUT2D eigenvalue weighted by atomic mass is 9.86. The fraction of sp³-hybridized carbons (Fsp3) is 0.350. The van der Waals surface area contributed by atoms with Crippen molar-refractivity contribution < 1.29 is 18.1 Å². The first-order valence-electron chi connectivity index (χ1n) is 8.79. The lowest BCUT2D eigenvalue weighted by Gasteiger charge is -2.18. The Hall–Kier alpha value is -3.03. The van der Waals surface area contributed by atoms with E-state index in [1.54, 1.807) is 6.07 Å². The number of primary amides is 1. The molecule has 0 saturated carbocycles. The van der Waals surface area contributed by atoms with E-state index < -0.39 is 18.0 Å². The van der Waals surface area contributed by atoms with Gasteiger partial charge < -0.3 is 10.3 Å². The van der Waals surface area contributed by atoms with E-state index in [4.69, 9.17) is 10.3 Å². The second kappa shape index (κ2) is 7.18. The van der Waals surface area contributed by atoms with Gasteiger partial charge in [0.2, 0.25) is 0 Å². The highest BCUT2D eigenvalue weighted by Gasteiger charge is 2.26. The monoisotopic (exact) mass is 388 g/mol. The van der Waals surface area contributed by atoms with E-state index in [-0.39, 0.29) is 23.2 Å². The molecule has 0 radical (unpaired) electrons. The predicted octanol–water partition coefficient (Wildman–Crippen LogP) is 4.23. The van der Waals surface area contributed by atoms with Crippen molar-refractivity contribution in [2.24, 2.45) is 5.73 Å². The summed E-state index contributed by atoms with van der Waals surface area (Å²) in [4.78, 5) is 11.5. The van der Waals surface area contributed by atoms with Gasteiger partial charge in [0.1, 0.15) is 17.9 Å². The van der Waals surface area contributed by atoms with Crippen LogP contribution in [0, 0.1) is 6.92 Å². The molecule has 3 aromatic rings. The Kier molecular flexibility index (Phi) is 5.06. The second-order valence-electron chi connectivity index (χ2n) is 7.67. The summed E-state index contributed by atoms with van der Waals surface area (Å²) in [5.74, 6) is -0.506. The van der Waals surface area contributed by atoms with Crippen molar-refractivity contribution in [3.05, 3.63) is 58.6 Å². The third-order valence-corrected chi connectivity index (χ3v) is 4.60. The van der Waals surface area contributed by atoms with Crippen molar-refractivity contribution in [3.8, 4) is 11.3 Å². The molecule has 0 saturated heterocycles. The summed E-state index contributed by atoms with van der Waals surface area (Å²) >= 11 is 0. The molecule has 6 nitrogen and oxygen atoms in total. The number of nitrogens with two attached hydrogens (primary N) is 1. The van der Waals surface area contributed by atoms with Crippen LogP contribution in [0.3, 0.4) is 0 Å². The number of hydrogen-bond acceptors (Lipinski definition) is 4. The van der Waals surface area contributed by atoms with Gasteiger partial charge in [0.05, 0.1) is 5.56 Å². The van der Waals surface area contributed by atoms with Crippen LogP contribution in [0.5, 0.6) is 0 Å². The average Bonchev–Trinajstić information content (AvgIpc) is 3.20. The van der Waals surface area contributed by atoms with E-state index in [0.717, 1.165) is 5.56 Å². The van der Waals surface area contributed by atoms with Crippen LogP contribution in [-0.4, -0.2) is 20.8 Å². The van der Waals surface area contributed by atoms with E-state index in [1.807, 2.05) is 24.3 Å². The molecule has 0 aliphatic heterocycles. The number of rotatable bonds is 5. The summed E-state index contributed by atoms with van der Waals surface area (Å²) in [5.41, 5.74) is 7.36. The number of hydrogen-bond donors (Lipinski definition) is 1. The molecule has 148 valence electrons. The lowest BCUT2D eigenvalue weighted by molar-refractivity contribution is 0.0984. The number of nitrogens with zero attached hydrogens (tertiary/aromatic N) is 3. The molecule has 0 atom stereocenters. The minimum absolute atomic E-state index is 0.0473. The molecule has 0 aliphatic rings. The number of alkyl halides is 2. The van der Waals surface area contributed by atoms with Gasteiger partial charge in [-0.2, -0.15) is 5.10 Å². The molecule has 8 heteroatoms.